The average Bonchev–Trinajstić information content (AvgIpc) is 2.70. The van der Waals surface area contributed by atoms with Crippen LogP contribution < -0.4 is 26.0 Å². The molecule has 138 valence electrons. The van der Waals surface area contributed by atoms with Gasteiger partial charge in [0.1, 0.15) is 6.04 Å². The van der Waals surface area contributed by atoms with Crippen LogP contribution in [0, 0.1) is 0 Å². The van der Waals surface area contributed by atoms with Gasteiger partial charge < -0.3 is 20.5 Å². The summed E-state index contributed by atoms with van der Waals surface area (Å²) in [5.41, 5.74) is 8.52. The molecular weight excluding hydrogens is 342 g/mol. The predicted molar refractivity (Wildman–Crippen MR) is 90.8 cm³/mol. The van der Waals surface area contributed by atoms with E-state index in [1.807, 2.05) is 0 Å². The lowest BCUT2D eigenvalue weighted by atomic mass is 10.1. The number of amides is 2. The number of hydroxylamine groups is 1. The van der Waals surface area contributed by atoms with Crippen LogP contribution in [0.2, 0.25) is 0 Å². The maximum Gasteiger partial charge on any atom is 0.319 e. The van der Waals surface area contributed by atoms with Crippen molar-refractivity contribution in [2.45, 2.75) is 6.04 Å². The number of benzene rings is 1. The van der Waals surface area contributed by atoms with Crippen molar-refractivity contribution in [1.29, 1.82) is 0 Å². The first-order valence-electron chi connectivity index (χ1n) is 7.54. The highest BCUT2D eigenvalue weighted by atomic mass is 16.5. The summed E-state index contributed by atoms with van der Waals surface area (Å²) in [5, 5.41) is 11.1. The number of aromatic nitrogens is 2. The van der Waals surface area contributed by atoms with E-state index in [1.54, 1.807) is 30.5 Å². The average molecular weight is 361 g/mol. The molecule has 1 atom stereocenters. The summed E-state index contributed by atoms with van der Waals surface area (Å²) in [5.74, 6) is -0.969. The van der Waals surface area contributed by atoms with Crippen LogP contribution in [-0.2, 0) is 4.79 Å². The number of hydrogen-bond acceptors (Lipinski definition) is 8. The zero-order valence-corrected chi connectivity index (χ0v) is 14.2. The highest BCUT2D eigenvalue weighted by Crippen LogP contribution is 2.28. The van der Waals surface area contributed by atoms with E-state index in [9.17, 15) is 9.59 Å². The van der Waals surface area contributed by atoms with E-state index in [2.05, 4.69) is 15.3 Å². The van der Waals surface area contributed by atoms with Crippen LogP contribution in [0.1, 0.15) is 10.4 Å². The van der Waals surface area contributed by atoms with Crippen LogP contribution in [0.4, 0.5) is 0 Å². The van der Waals surface area contributed by atoms with Gasteiger partial charge in [-0.3, -0.25) is 14.8 Å². The molecule has 0 bridgehead atoms. The van der Waals surface area contributed by atoms with Gasteiger partial charge in [0.15, 0.2) is 0 Å². The highest BCUT2D eigenvalue weighted by Gasteiger charge is 2.19. The van der Waals surface area contributed by atoms with Crippen molar-refractivity contribution in [3.8, 4) is 23.0 Å². The molecule has 2 rings (SSSR count). The fourth-order valence-corrected chi connectivity index (χ4v) is 2.16. The molecule has 1 heterocycles. The Morgan fingerprint density at radius 1 is 1.23 bits per heavy atom. The molecule has 0 saturated carbocycles. The first kappa shape index (κ1) is 19.1. The van der Waals surface area contributed by atoms with Gasteiger partial charge in [-0.25, -0.2) is 10.5 Å². The molecule has 1 aromatic carbocycles. The SMILES string of the molecule is COc1ncc(-c2ccc(C(=O)N[C@@H](CN)C(=O)NO)cc2)c(OC)n1. The Labute approximate surface area is 149 Å². The van der Waals surface area contributed by atoms with Crippen molar-refractivity contribution in [1.82, 2.24) is 20.8 Å². The van der Waals surface area contributed by atoms with Gasteiger partial charge in [0.05, 0.1) is 19.8 Å². The summed E-state index contributed by atoms with van der Waals surface area (Å²) in [7, 11) is 2.93. The molecule has 1 aromatic heterocycles. The monoisotopic (exact) mass is 361 g/mol. The largest absolute Gasteiger partial charge is 0.480 e. The van der Waals surface area contributed by atoms with Crippen LogP contribution in [0.25, 0.3) is 11.1 Å². The van der Waals surface area contributed by atoms with Crippen molar-refractivity contribution in [3.63, 3.8) is 0 Å². The molecule has 0 aliphatic carbocycles. The molecule has 26 heavy (non-hydrogen) atoms. The minimum absolute atomic E-state index is 0.156. The van der Waals surface area contributed by atoms with Gasteiger partial charge in [-0.05, 0) is 17.7 Å². The van der Waals surface area contributed by atoms with Crippen molar-refractivity contribution in [2.24, 2.45) is 5.73 Å². The highest BCUT2D eigenvalue weighted by molar-refractivity contribution is 5.97. The third kappa shape index (κ3) is 4.23. The van der Waals surface area contributed by atoms with Gasteiger partial charge in [-0.15, -0.1) is 0 Å². The van der Waals surface area contributed by atoms with Gasteiger partial charge >= 0.3 is 6.01 Å². The van der Waals surface area contributed by atoms with E-state index in [4.69, 9.17) is 20.4 Å². The Balaban J connectivity index is 2.20. The zero-order valence-electron chi connectivity index (χ0n) is 14.2. The molecular formula is C16H19N5O5. The van der Waals surface area contributed by atoms with Crippen molar-refractivity contribution < 1.29 is 24.3 Å². The Hall–Kier alpha value is -3.24. The second kappa shape index (κ2) is 8.74. The Morgan fingerprint density at radius 2 is 1.92 bits per heavy atom. The van der Waals surface area contributed by atoms with Gasteiger partial charge in [0.25, 0.3) is 11.8 Å². The summed E-state index contributed by atoms with van der Waals surface area (Å²) < 4.78 is 10.2. The lowest BCUT2D eigenvalue weighted by molar-refractivity contribution is -0.130. The summed E-state index contributed by atoms with van der Waals surface area (Å²) in [6, 6.07) is 5.65. The number of rotatable bonds is 7. The van der Waals surface area contributed by atoms with Crippen molar-refractivity contribution in [3.05, 3.63) is 36.0 Å². The Kier molecular flexibility index (Phi) is 6.42. The number of nitrogens with two attached hydrogens (primary N) is 1. The summed E-state index contributed by atoms with van der Waals surface area (Å²) >= 11 is 0. The van der Waals surface area contributed by atoms with E-state index in [1.165, 1.54) is 19.7 Å². The number of hydrogen-bond donors (Lipinski definition) is 4. The smallest absolute Gasteiger partial charge is 0.319 e. The quantitative estimate of drug-likeness (QED) is 0.389. The van der Waals surface area contributed by atoms with E-state index in [-0.39, 0.29) is 12.6 Å². The third-order valence-electron chi connectivity index (χ3n) is 3.53. The number of carbonyl (C=O) groups excluding carboxylic acids is 2. The molecule has 0 radical (unpaired) electrons. The fourth-order valence-electron chi connectivity index (χ4n) is 2.16. The van der Waals surface area contributed by atoms with Crippen molar-refractivity contribution >= 4 is 11.8 Å². The minimum atomic E-state index is -1.04. The topological polar surface area (TPSA) is 149 Å². The Morgan fingerprint density at radius 3 is 2.46 bits per heavy atom. The molecule has 10 nitrogen and oxygen atoms in total. The van der Waals surface area contributed by atoms with Gasteiger partial charge in [0, 0.05) is 18.3 Å². The molecule has 0 unspecified atom stereocenters. The Bertz CT molecular complexity index is 781. The second-order valence-corrected chi connectivity index (χ2v) is 5.09. The number of methoxy groups -OCH3 is 2. The van der Waals surface area contributed by atoms with Crippen LogP contribution in [0.5, 0.6) is 11.9 Å². The van der Waals surface area contributed by atoms with E-state index in [0.717, 1.165) is 5.56 Å². The normalized spacial score (nSPS) is 11.4. The van der Waals surface area contributed by atoms with Crippen LogP contribution in [0.15, 0.2) is 30.5 Å². The third-order valence-corrected chi connectivity index (χ3v) is 3.53. The molecule has 5 N–H and O–H groups in total. The molecule has 2 amide bonds. The lowest BCUT2D eigenvalue weighted by Crippen LogP contribution is -2.50. The maximum atomic E-state index is 12.2. The number of nitrogens with zero attached hydrogens (tertiary/aromatic N) is 2. The zero-order chi connectivity index (χ0) is 19.1. The summed E-state index contributed by atoms with van der Waals surface area (Å²) in [6.45, 7) is -0.156. The summed E-state index contributed by atoms with van der Waals surface area (Å²) in [6.07, 6.45) is 1.55. The molecule has 2 aromatic rings. The van der Waals surface area contributed by atoms with E-state index in [0.29, 0.717) is 17.0 Å². The first-order chi connectivity index (χ1) is 12.5. The van der Waals surface area contributed by atoms with Crippen LogP contribution >= 0.6 is 0 Å². The minimum Gasteiger partial charge on any atom is -0.480 e. The molecule has 10 heteroatoms. The number of nitrogens with one attached hydrogen (secondary N) is 2. The number of carbonyl (C=O) groups is 2. The molecule has 0 aliphatic rings. The van der Waals surface area contributed by atoms with Gasteiger partial charge in [-0.1, -0.05) is 12.1 Å². The first-order valence-corrected chi connectivity index (χ1v) is 7.54. The van der Waals surface area contributed by atoms with Crippen molar-refractivity contribution in [2.75, 3.05) is 20.8 Å². The second-order valence-electron chi connectivity index (χ2n) is 5.09. The van der Waals surface area contributed by atoms with E-state index < -0.39 is 17.9 Å². The van der Waals surface area contributed by atoms with Crippen LogP contribution in [0.3, 0.4) is 0 Å². The van der Waals surface area contributed by atoms with E-state index >= 15 is 0 Å². The predicted octanol–water partition coefficient (Wildman–Crippen LogP) is -0.277. The molecule has 0 fully saturated rings. The standard InChI is InChI=1S/C16H19N5O5/c1-25-15-11(8-18-16(20-15)26-2)9-3-5-10(6-4-9)13(22)19-12(7-17)14(23)21-24/h3-6,8,12,24H,7,17H2,1-2H3,(H,19,22)(H,21,23)/t12-/m0/s1. The van der Waals surface area contributed by atoms with Gasteiger partial charge in [-0.2, -0.15) is 4.98 Å². The number of ether oxygens (including phenoxy) is 2. The lowest BCUT2D eigenvalue weighted by Gasteiger charge is -2.14. The molecule has 0 saturated heterocycles. The maximum absolute atomic E-state index is 12.2. The van der Waals surface area contributed by atoms with Gasteiger partial charge in [0.2, 0.25) is 5.88 Å². The fraction of sp³-hybridized carbons (Fsp3) is 0.250. The molecule has 0 spiro atoms. The molecule has 0 aliphatic heterocycles. The van der Waals surface area contributed by atoms with Crippen LogP contribution in [-0.4, -0.2) is 53.8 Å². The summed E-state index contributed by atoms with van der Waals surface area (Å²) in [4.78, 5) is 31.7.